The molecule has 0 aromatic heterocycles. The fraction of sp³-hybridized carbons (Fsp3) is 0.208. The summed E-state index contributed by atoms with van der Waals surface area (Å²) in [6.45, 7) is 1.53. The summed E-state index contributed by atoms with van der Waals surface area (Å²) in [6.07, 6.45) is 1.63. The van der Waals surface area contributed by atoms with Gasteiger partial charge in [0.25, 0.3) is 0 Å². The van der Waals surface area contributed by atoms with Gasteiger partial charge >= 0.3 is 0 Å². The van der Waals surface area contributed by atoms with Crippen LogP contribution in [0.4, 0.5) is 0 Å². The van der Waals surface area contributed by atoms with Crippen molar-refractivity contribution in [3.63, 3.8) is 0 Å². The van der Waals surface area contributed by atoms with E-state index in [2.05, 4.69) is 17.4 Å². The number of aryl methyl sites for hydroxylation is 1. The molecule has 1 amide bonds. The second-order valence-corrected chi connectivity index (χ2v) is 10.3. The molecular formula is C24H24NO2P. The lowest BCUT2D eigenvalue weighted by molar-refractivity contribution is -0.119. The molecule has 2 atom stereocenters. The number of rotatable bonds is 4. The minimum Gasteiger partial charge on any atom is -0.349 e. The molecule has 0 saturated carbocycles. The van der Waals surface area contributed by atoms with Gasteiger partial charge in [-0.2, -0.15) is 0 Å². The molecule has 0 radical (unpaired) electrons. The van der Waals surface area contributed by atoms with Gasteiger partial charge in [-0.3, -0.25) is 4.79 Å². The molecule has 0 spiro atoms. The Labute approximate surface area is 166 Å². The first-order valence-corrected chi connectivity index (χ1v) is 11.4. The quantitative estimate of drug-likeness (QED) is 0.680. The van der Waals surface area contributed by atoms with Gasteiger partial charge < -0.3 is 9.88 Å². The molecule has 1 aliphatic rings. The number of hydrogen-bond donors (Lipinski definition) is 1. The first-order chi connectivity index (χ1) is 13.6. The first kappa shape index (κ1) is 18.7. The Kier molecular flexibility index (Phi) is 5.19. The third kappa shape index (κ3) is 3.31. The Morgan fingerprint density at radius 1 is 0.857 bits per heavy atom. The lowest BCUT2D eigenvalue weighted by atomic mass is 9.87. The summed E-state index contributed by atoms with van der Waals surface area (Å²) in [4.78, 5) is 12.1. The van der Waals surface area contributed by atoms with Crippen LogP contribution in [0.2, 0.25) is 0 Å². The second-order valence-electron chi connectivity index (χ2n) is 7.31. The van der Waals surface area contributed by atoms with E-state index in [1.54, 1.807) is 0 Å². The predicted octanol–water partition coefficient (Wildman–Crippen LogP) is 4.19. The summed E-state index contributed by atoms with van der Waals surface area (Å²) in [6, 6.07) is 27.4. The Bertz CT molecular complexity index is 974. The number of fused-ring (bicyclic) bond motifs is 1. The topological polar surface area (TPSA) is 46.2 Å². The highest BCUT2D eigenvalue weighted by Gasteiger charge is 2.44. The van der Waals surface area contributed by atoms with E-state index in [-0.39, 0.29) is 17.6 Å². The monoisotopic (exact) mass is 389 g/mol. The molecule has 0 heterocycles. The first-order valence-electron chi connectivity index (χ1n) is 9.66. The zero-order valence-electron chi connectivity index (χ0n) is 15.9. The Hall–Kier alpha value is -2.64. The fourth-order valence-corrected chi connectivity index (χ4v) is 7.80. The lowest BCUT2D eigenvalue weighted by Gasteiger charge is -2.39. The van der Waals surface area contributed by atoms with Crippen molar-refractivity contribution in [1.82, 2.24) is 5.32 Å². The van der Waals surface area contributed by atoms with E-state index in [0.29, 0.717) is 0 Å². The predicted molar refractivity (Wildman–Crippen MR) is 115 cm³/mol. The molecule has 142 valence electrons. The van der Waals surface area contributed by atoms with Crippen LogP contribution in [0.5, 0.6) is 0 Å². The number of benzene rings is 3. The van der Waals surface area contributed by atoms with E-state index in [1.165, 1.54) is 12.5 Å². The fourth-order valence-electron chi connectivity index (χ4n) is 4.36. The van der Waals surface area contributed by atoms with Crippen LogP contribution in [0, 0.1) is 0 Å². The molecule has 0 fully saturated rings. The number of amides is 1. The molecule has 0 aliphatic heterocycles. The molecule has 3 nitrogen and oxygen atoms in total. The summed E-state index contributed by atoms with van der Waals surface area (Å²) in [5.41, 5.74) is 2.13. The van der Waals surface area contributed by atoms with Gasteiger partial charge in [0, 0.05) is 23.2 Å². The number of hydrogen-bond acceptors (Lipinski definition) is 2. The maximum atomic E-state index is 14.8. The van der Waals surface area contributed by atoms with Gasteiger partial charge in [0.15, 0.2) is 0 Å². The molecular weight excluding hydrogens is 365 g/mol. The molecule has 4 rings (SSSR count). The summed E-state index contributed by atoms with van der Waals surface area (Å²) < 4.78 is 14.8. The third-order valence-electron chi connectivity index (χ3n) is 5.59. The van der Waals surface area contributed by atoms with E-state index in [9.17, 15) is 9.36 Å². The van der Waals surface area contributed by atoms with Crippen LogP contribution in [-0.2, 0) is 15.8 Å². The second kappa shape index (κ2) is 7.77. The Morgan fingerprint density at radius 3 is 1.96 bits per heavy atom. The van der Waals surface area contributed by atoms with E-state index in [1.807, 2.05) is 72.8 Å². The molecule has 4 heteroatoms. The highest BCUT2D eigenvalue weighted by Crippen LogP contribution is 2.56. The largest absolute Gasteiger partial charge is 0.349 e. The van der Waals surface area contributed by atoms with Gasteiger partial charge in [0.2, 0.25) is 5.91 Å². The molecule has 0 bridgehead atoms. The molecule has 3 aromatic carbocycles. The van der Waals surface area contributed by atoms with Crippen molar-refractivity contribution in [3.05, 3.63) is 96.1 Å². The highest BCUT2D eigenvalue weighted by molar-refractivity contribution is 7.79. The number of carbonyl (C=O) groups is 1. The van der Waals surface area contributed by atoms with Crippen molar-refractivity contribution >= 4 is 23.7 Å². The van der Waals surface area contributed by atoms with Crippen molar-refractivity contribution in [2.45, 2.75) is 31.5 Å². The van der Waals surface area contributed by atoms with Crippen molar-refractivity contribution < 1.29 is 9.36 Å². The summed E-state index contributed by atoms with van der Waals surface area (Å²) >= 11 is 0. The van der Waals surface area contributed by atoms with Gasteiger partial charge in [-0.1, -0.05) is 84.9 Å². The van der Waals surface area contributed by atoms with E-state index in [0.717, 1.165) is 29.0 Å². The highest BCUT2D eigenvalue weighted by atomic mass is 31.2. The minimum absolute atomic E-state index is 0.0978. The zero-order valence-corrected chi connectivity index (χ0v) is 16.8. The maximum absolute atomic E-state index is 14.8. The molecule has 0 saturated heterocycles. The van der Waals surface area contributed by atoms with Crippen LogP contribution >= 0.6 is 7.14 Å². The minimum atomic E-state index is -2.98. The van der Waals surface area contributed by atoms with Crippen LogP contribution in [0.25, 0.3) is 0 Å². The maximum Gasteiger partial charge on any atom is 0.217 e. The van der Waals surface area contributed by atoms with Crippen molar-refractivity contribution in [3.8, 4) is 0 Å². The average Bonchev–Trinajstić information content (AvgIpc) is 2.74. The van der Waals surface area contributed by atoms with E-state index < -0.39 is 7.14 Å². The molecule has 0 unspecified atom stereocenters. The van der Waals surface area contributed by atoms with Gasteiger partial charge in [0.05, 0.1) is 6.04 Å². The van der Waals surface area contributed by atoms with Gasteiger partial charge in [0.1, 0.15) is 7.14 Å². The van der Waals surface area contributed by atoms with E-state index in [4.69, 9.17) is 0 Å². The van der Waals surface area contributed by atoms with Gasteiger partial charge in [-0.05, 0) is 24.0 Å². The average molecular weight is 389 g/mol. The standard InChI is InChI=1S/C24H24NO2P/c1-18(26)25-24-22-15-9-8-10-19(22)16-17-23(24)28(27,20-11-4-2-5-12-20)21-13-6-3-7-14-21/h2-15,23-24H,16-17H2,1H3,(H,25,26)/t23-,24+/m0/s1. The van der Waals surface area contributed by atoms with Crippen LogP contribution in [-0.4, -0.2) is 11.6 Å². The summed E-state index contributed by atoms with van der Waals surface area (Å²) in [5, 5.41) is 4.82. The molecule has 1 aliphatic carbocycles. The SMILES string of the molecule is CC(=O)N[C@@H]1c2ccccc2CC[C@@H]1P(=O)(c1ccccc1)c1ccccc1. The van der Waals surface area contributed by atoms with Crippen LogP contribution in [0.3, 0.4) is 0 Å². The smallest absolute Gasteiger partial charge is 0.217 e. The third-order valence-corrected chi connectivity index (χ3v) is 9.21. The van der Waals surface area contributed by atoms with Crippen molar-refractivity contribution in [2.24, 2.45) is 0 Å². The van der Waals surface area contributed by atoms with Crippen LogP contribution < -0.4 is 15.9 Å². The Morgan fingerprint density at radius 2 is 1.39 bits per heavy atom. The van der Waals surface area contributed by atoms with Crippen LogP contribution in [0.1, 0.15) is 30.5 Å². The zero-order chi connectivity index (χ0) is 19.6. The molecule has 1 N–H and O–H groups in total. The van der Waals surface area contributed by atoms with Gasteiger partial charge in [-0.15, -0.1) is 0 Å². The summed E-state index contributed by atoms with van der Waals surface area (Å²) in [7, 11) is -2.98. The van der Waals surface area contributed by atoms with Gasteiger partial charge in [-0.25, -0.2) is 0 Å². The van der Waals surface area contributed by atoms with Crippen LogP contribution in [0.15, 0.2) is 84.9 Å². The number of carbonyl (C=O) groups excluding carboxylic acids is 1. The van der Waals surface area contributed by atoms with Crippen molar-refractivity contribution in [1.29, 1.82) is 0 Å². The molecule has 3 aromatic rings. The normalized spacial score (nSPS) is 18.9. The lowest BCUT2D eigenvalue weighted by Crippen LogP contribution is -2.42. The van der Waals surface area contributed by atoms with E-state index >= 15 is 0 Å². The Balaban J connectivity index is 1.91. The molecule has 28 heavy (non-hydrogen) atoms. The van der Waals surface area contributed by atoms with Crippen molar-refractivity contribution in [2.75, 3.05) is 0 Å². The number of nitrogens with one attached hydrogen (secondary N) is 1. The summed E-state index contributed by atoms with van der Waals surface area (Å²) in [5.74, 6) is -0.0978.